The largest absolute Gasteiger partial charge is 0.493 e. The number of ether oxygens (including phenoxy) is 1. The Balaban J connectivity index is 1.60. The zero-order valence-corrected chi connectivity index (χ0v) is 15.4. The Labute approximate surface area is 162 Å². The van der Waals surface area contributed by atoms with E-state index >= 15 is 0 Å². The van der Waals surface area contributed by atoms with Crippen molar-refractivity contribution in [3.05, 3.63) is 94.0 Å². The maximum absolute atomic E-state index is 12.4. The number of benzene rings is 3. The van der Waals surface area contributed by atoms with Gasteiger partial charge in [-0.25, -0.2) is 0 Å². The van der Waals surface area contributed by atoms with E-state index in [0.717, 1.165) is 6.42 Å². The number of carbonyl (C=O) groups excluding carboxylic acids is 1. The first-order valence-electron chi connectivity index (χ1n) is 8.14. The minimum atomic E-state index is -0.282. The highest BCUT2D eigenvalue weighted by atomic mass is 35.5. The van der Waals surface area contributed by atoms with Crippen molar-refractivity contribution >= 4 is 34.8 Å². The minimum absolute atomic E-state index is 0.282. The van der Waals surface area contributed by atoms with Gasteiger partial charge in [0.1, 0.15) is 5.75 Å². The van der Waals surface area contributed by atoms with Crippen LogP contribution in [0, 0.1) is 0 Å². The number of rotatable bonds is 6. The number of nitrogens with one attached hydrogen (secondary N) is 1. The normalized spacial score (nSPS) is 10.4. The average Bonchev–Trinajstić information content (AvgIpc) is 2.62. The molecule has 3 aromatic rings. The molecule has 0 atom stereocenters. The van der Waals surface area contributed by atoms with E-state index in [1.165, 1.54) is 5.56 Å². The summed E-state index contributed by atoms with van der Waals surface area (Å²) in [6, 6.07) is 22.1. The van der Waals surface area contributed by atoms with Gasteiger partial charge in [0.05, 0.1) is 6.61 Å². The van der Waals surface area contributed by atoms with E-state index < -0.39 is 0 Å². The predicted molar refractivity (Wildman–Crippen MR) is 106 cm³/mol. The molecule has 0 aliphatic carbocycles. The molecule has 0 heterocycles. The molecule has 3 aromatic carbocycles. The highest BCUT2D eigenvalue weighted by molar-refractivity contribution is 6.35. The van der Waals surface area contributed by atoms with E-state index in [2.05, 4.69) is 17.4 Å². The lowest BCUT2D eigenvalue weighted by molar-refractivity contribution is 0.102. The van der Waals surface area contributed by atoms with Crippen LogP contribution >= 0.6 is 23.2 Å². The van der Waals surface area contributed by atoms with Crippen LogP contribution < -0.4 is 10.1 Å². The van der Waals surface area contributed by atoms with E-state index in [-0.39, 0.29) is 5.91 Å². The molecule has 0 aliphatic heterocycles. The van der Waals surface area contributed by atoms with Gasteiger partial charge < -0.3 is 10.1 Å². The second-order valence-electron chi connectivity index (χ2n) is 5.72. The van der Waals surface area contributed by atoms with Gasteiger partial charge in [-0.2, -0.15) is 0 Å². The summed E-state index contributed by atoms with van der Waals surface area (Å²) in [5, 5.41) is 3.66. The van der Waals surface area contributed by atoms with Crippen LogP contribution in [0.1, 0.15) is 15.9 Å². The summed E-state index contributed by atoms with van der Waals surface area (Å²) in [4.78, 5) is 12.4. The van der Waals surface area contributed by atoms with Crippen LogP contribution in [0.25, 0.3) is 0 Å². The van der Waals surface area contributed by atoms with Gasteiger partial charge in [-0.05, 0) is 35.9 Å². The van der Waals surface area contributed by atoms with Crippen LogP contribution in [0.15, 0.2) is 72.8 Å². The first-order valence-corrected chi connectivity index (χ1v) is 8.90. The summed E-state index contributed by atoms with van der Waals surface area (Å²) in [6.45, 7) is 0.561. The Morgan fingerprint density at radius 2 is 1.62 bits per heavy atom. The van der Waals surface area contributed by atoms with E-state index in [1.54, 1.807) is 30.3 Å². The van der Waals surface area contributed by atoms with Crippen LogP contribution in [-0.2, 0) is 6.42 Å². The lowest BCUT2D eigenvalue weighted by atomic mass is 10.2. The van der Waals surface area contributed by atoms with Crippen molar-refractivity contribution in [2.75, 3.05) is 11.9 Å². The van der Waals surface area contributed by atoms with Crippen molar-refractivity contribution < 1.29 is 9.53 Å². The Hall–Kier alpha value is -2.49. The fraction of sp³-hybridized carbons (Fsp3) is 0.0952. The number of hydrogen-bond acceptors (Lipinski definition) is 2. The van der Waals surface area contributed by atoms with Gasteiger partial charge in [-0.15, -0.1) is 0 Å². The molecule has 132 valence electrons. The van der Waals surface area contributed by atoms with Gasteiger partial charge in [0.25, 0.3) is 5.91 Å². The van der Waals surface area contributed by atoms with Crippen LogP contribution in [-0.4, -0.2) is 12.5 Å². The van der Waals surface area contributed by atoms with Crippen LogP contribution in [0.5, 0.6) is 5.75 Å². The summed E-state index contributed by atoms with van der Waals surface area (Å²) < 4.78 is 5.78. The summed E-state index contributed by atoms with van der Waals surface area (Å²) in [5.41, 5.74) is 2.26. The standard InChI is InChI=1S/C21H17Cl2NO2/c22-17-11-16(12-18(23)13-17)21(25)24-19-7-4-8-20(14-19)26-10-9-15-5-2-1-3-6-15/h1-8,11-14H,9-10H2,(H,24,25). The highest BCUT2D eigenvalue weighted by Crippen LogP contribution is 2.22. The highest BCUT2D eigenvalue weighted by Gasteiger charge is 2.09. The molecule has 1 amide bonds. The van der Waals surface area contributed by atoms with Gasteiger partial charge in [0.2, 0.25) is 0 Å². The lowest BCUT2D eigenvalue weighted by Gasteiger charge is -2.10. The number of amides is 1. The molecule has 0 aliphatic rings. The monoisotopic (exact) mass is 385 g/mol. The zero-order valence-electron chi connectivity index (χ0n) is 13.9. The number of carbonyl (C=O) groups is 1. The minimum Gasteiger partial charge on any atom is -0.493 e. The van der Waals surface area contributed by atoms with Crippen molar-refractivity contribution in [3.63, 3.8) is 0 Å². The van der Waals surface area contributed by atoms with Crippen molar-refractivity contribution in [3.8, 4) is 5.75 Å². The predicted octanol–water partition coefficient (Wildman–Crippen LogP) is 5.87. The Kier molecular flexibility index (Phi) is 6.16. The van der Waals surface area contributed by atoms with Gasteiger partial charge in [-0.1, -0.05) is 59.6 Å². The third-order valence-corrected chi connectivity index (χ3v) is 4.16. The molecule has 0 saturated heterocycles. The number of anilines is 1. The summed E-state index contributed by atoms with van der Waals surface area (Å²) in [5.74, 6) is 0.415. The van der Waals surface area contributed by atoms with E-state index in [9.17, 15) is 4.79 Å². The maximum Gasteiger partial charge on any atom is 0.255 e. The summed E-state index contributed by atoms with van der Waals surface area (Å²) in [6.07, 6.45) is 0.818. The summed E-state index contributed by atoms with van der Waals surface area (Å²) in [7, 11) is 0. The van der Waals surface area contributed by atoms with Gasteiger partial charge in [-0.3, -0.25) is 4.79 Å². The van der Waals surface area contributed by atoms with Gasteiger partial charge in [0.15, 0.2) is 0 Å². The molecule has 0 aromatic heterocycles. The zero-order chi connectivity index (χ0) is 18.4. The molecule has 3 rings (SSSR count). The van der Waals surface area contributed by atoms with Crippen molar-refractivity contribution in [1.82, 2.24) is 0 Å². The van der Waals surface area contributed by atoms with Gasteiger partial charge >= 0.3 is 0 Å². The molecule has 0 unspecified atom stereocenters. The molecule has 5 heteroatoms. The van der Waals surface area contributed by atoms with Crippen LogP contribution in [0.4, 0.5) is 5.69 Å². The Bertz CT molecular complexity index is 877. The van der Waals surface area contributed by atoms with Gasteiger partial charge in [0, 0.05) is 33.8 Å². The molecule has 0 bridgehead atoms. The quantitative estimate of drug-likeness (QED) is 0.576. The molecule has 0 fully saturated rings. The number of halogens is 2. The number of hydrogen-bond donors (Lipinski definition) is 1. The third kappa shape index (κ3) is 5.25. The Morgan fingerprint density at radius 1 is 0.885 bits per heavy atom. The molecular formula is C21H17Cl2NO2. The molecule has 3 nitrogen and oxygen atoms in total. The molecule has 0 saturated carbocycles. The average molecular weight is 386 g/mol. The van der Waals surface area contributed by atoms with Crippen molar-refractivity contribution in [1.29, 1.82) is 0 Å². The SMILES string of the molecule is O=C(Nc1cccc(OCCc2ccccc2)c1)c1cc(Cl)cc(Cl)c1. The van der Waals surface area contributed by atoms with E-state index in [4.69, 9.17) is 27.9 Å². The second kappa shape index (κ2) is 8.75. The fourth-order valence-electron chi connectivity index (χ4n) is 2.48. The van der Waals surface area contributed by atoms with Crippen LogP contribution in [0.3, 0.4) is 0 Å². The molecule has 26 heavy (non-hydrogen) atoms. The van der Waals surface area contributed by atoms with Crippen molar-refractivity contribution in [2.45, 2.75) is 6.42 Å². The fourth-order valence-corrected chi connectivity index (χ4v) is 3.01. The van der Waals surface area contributed by atoms with Crippen LogP contribution in [0.2, 0.25) is 10.0 Å². The lowest BCUT2D eigenvalue weighted by Crippen LogP contribution is -2.12. The molecule has 0 spiro atoms. The first kappa shape index (κ1) is 18.3. The molecule has 0 radical (unpaired) electrons. The van der Waals surface area contributed by atoms with Crippen molar-refractivity contribution in [2.24, 2.45) is 0 Å². The van der Waals surface area contributed by atoms with E-state index in [0.29, 0.717) is 33.7 Å². The Morgan fingerprint density at radius 3 is 2.35 bits per heavy atom. The topological polar surface area (TPSA) is 38.3 Å². The molecule has 1 N–H and O–H groups in total. The summed E-state index contributed by atoms with van der Waals surface area (Å²) >= 11 is 11.9. The molecular weight excluding hydrogens is 369 g/mol. The first-order chi connectivity index (χ1) is 12.6. The third-order valence-electron chi connectivity index (χ3n) is 3.72. The maximum atomic E-state index is 12.4. The smallest absolute Gasteiger partial charge is 0.255 e. The van der Waals surface area contributed by atoms with E-state index in [1.807, 2.05) is 30.3 Å². The second-order valence-corrected chi connectivity index (χ2v) is 6.60.